The molecule has 5 heteroatoms. The molecule has 0 bridgehead atoms. The lowest BCUT2D eigenvalue weighted by molar-refractivity contribution is -0.118. The van der Waals surface area contributed by atoms with Crippen LogP contribution >= 0.6 is 0 Å². The van der Waals surface area contributed by atoms with E-state index in [1.807, 2.05) is 20.8 Å². The first kappa shape index (κ1) is 14.9. The Balaban J connectivity index is 3.60. The largest absolute Gasteiger partial charge is 0.338 e. The van der Waals surface area contributed by atoms with Crippen molar-refractivity contribution in [2.45, 2.75) is 52.1 Å². The van der Waals surface area contributed by atoms with Gasteiger partial charge in [0.05, 0.1) is 6.04 Å². The van der Waals surface area contributed by atoms with Crippen molar-refractivity contribution in [3.63, 3.8) is 0 Å². The third-order valence-electron chi connectivity index (χ3n) is 1.99. The van der Waals surface area contributed by atoms with Gasteiger partial charge in [0.25, 0.3) is 0 Å². The quantitative estimate of drug-likeness (QED) is 0.609. The predicted octanol–water partition coefficient (Wildman–Crippen LogP) is 0.781. The summed E-state index contributed by atoms with van der Waals surface area (Å²) in [5, 5.41) is 5.50. The van der Waals surface area contributed by atoms with Crippen LogP contribution in [0, 0.1) is 0 Å². The first-order chi connectivity index (χ1) is 7.22. The maximum absolute atomic E-state index is 11.3. The highest BCUT2D eigenvalue weighted by Crippen LogP contribution is 1.98. The molecule has 5 nitrogen and oxygen atoms in total. The topological polar surface area (TPSA) is 84.2 Å². The number of amides is 2. The molecule has 0 aromatic heterocycles. The minimum Gasteiger partial charge on any atom is -0.338 e. The molecule has 0 radical (unpaired) electrons. The van der Waals surface area contributed by atoms with Crippen molar-refractivity contribution in [3.05, 3.63) is 0 Å². The molecule has 2 amide bonds. The normalized spacial score (nSPS) is 13.1. The van der Waals surface area contributed by atoms with Gasteiger partial charge in [0.2, 0.25) is 0 Å². The lowest BCUT2D eigenvalue weighted by atomic mass is 10.1. The molecule has 0 unspecified atom stereocenters. The summed E-state index contributed by atoms with van der Waals surface area (Å²) in [6.07, 6.45) is 1.31. The van der Waals surface area contributed by atoms with Gasteiger partial charge in [-0.05, 0) is 40.5 Å². The van der Waals surface area contributed by atoms with Crippen LogP contribution in [0.3, 0.4) is 0 Å². The summed E-state index contributed by atoms with van der Waals surface area (Å²) in [6.45, 7) is 7.75. The van der Waals surface area contributed by atoms with E-state index in [0.29, 0.717) is 19.4 Å². The van der Waals surface area contributed by atoms with Crippen molar-refractivity contribution in [1.29, 1.82) is 0 Å². The number of carbonyl (C=O) groups is 2. The molecule has 0 heterocycles. The van der Waals surface area contributed by atoms with Crippen LogP contribution in [-0.2, 0) is 4.79 Å². The fraction of sp³-hybridized carbons (Fsp3) is 0.818. The van der Waals surface area contributed by atoms with Crippen molar-refractivity contribution in [2.75, 3.05) is 6.54 Å². The highest BCUT2D eigenvalue weighted by molar-refractivity contribution is 5.81. The average Bonchev–Trinajstić information content (AvgIpc) is 2.08. The van der Waals surface area contributed by atoms with Crippen LogP contribution in [0.15, 0.2) is 0 Å². The predicted molar refractivity (Wildman–Crippen MR) is 64.2 cm³/mol. The number of nitrogens with one attached hydrogen (secondary N) is 2. The number of hydrogen-bond acceptors (Lipinski definition) is 3. The second-order valence-corrected chi connectivity index (χ2v) is 4.99. The Hall–Kier alpha value is -1.10. The lowest BCUT2D eigenvalue weighted by Crippen LogP contribution is -2.46. The second-order valence-electron chi connectivity index (χ2n) is 4.99. The molecule has 0 aliphatic rings. The van der Waals surface area contributed by atoms with Gasteiger partial charge in [-0.15, -0.1) is 0 Å². The van der Waals surface area contributed by atoms with E-state index in [2.05, 4.69) is 10.6 Å². The minimum atomic E-state index is -0.410. The van der Waals surface area contributed by atoms with Gasteiger partial charge in [0.1, 0.15) is 5.78 Å². The fourth-order valence-corrected chi connectivity index (χ4v) is 1.11. The molecule has 0 aromatic carbocycles. The zero-order valence-corrected chi connectivity index (χ0v) is 10.6. The molecule has 0 rings (SSSR count). The fourth-order valence-electron chi connectivity index (χ4n) is 1.11. The summed E-state index contributed by atoms with van der Waals surface area (Å²) < 4.78 is 0. The number of urea groups is 1. The molecule has 0 saturated carbocycles. The third-order valence-corrected chi connectivity index (χ3v) is 1.99. The van der Waals surface area contributed by atoms with E-state index < -0.39 is 6.04 Å². The zero-order chi connectivity index (χ0) is 12.8. The molecule has 16 heavy (non-hydrogen) atoms. The van der Waals surface area contributed by atoms with Crippen LogP contribution in [0.2, 0.25) is 0 Å². The van der Waals surface area contributed by atoms with Gasteiger partial charge in [-0.25, -0.2) is 4.79 Å². The monoisotopic (exact) mass is 229 g/mol. The number of Topliss-reactive ketones (excluding diaryl/α,β-unsaturated/α-hetero) is 1. The summed E-state index contributed by atoms with van der Waals surface area (Å²) in [6, 6.07) is -0.601. The van der Waals surface area contributed by atoms with E-state index in [-0.39, 0.29) is 17.4 Å². The van der Waals surface area contributed by atoms with Gasteiger partial charge in [-0.1, -0.05) is 0 Å². The molecule has 0 spiro atoms. The second kappa shape index (κ2) is 6.48. The number of carbonyl (C=O) groups excluding carboxylic acids is 2. The summed E-state index contributed by atoms with van der Waals surface area (Å²) in [5.74, 6) is -0.0147. The SMILES string of the molecule is CC(=O)[C@@H](N)CCCNC(=O)NC(C)(C)C. The van der Waals surface area contributed by atoms with Gasteiger partial charge < -0.3 is 16.4 Å². The van der Waals surface area contributed by atoms with Crippen molar-refractivity contribution >= 4 is 11.8 Å². The Labute approximate surface area is 97.2 Å². The Morgan fingerprint density at radius 1 is 1.31 bits per heavy atom. The molecule has 1 atom stereocenters. The molecule has 0 aromatic rings. The minimum absolute atomic E-state index is 0.0147. The van der Waals surface area contributed by atoms with Crippen LogP contribution in [0.1, 0.15) is 40.5 Å². The van der Waals surface area contributed by atoms with Crippen molar-refractivity contribution in [2.24, 2.45) is 5.73 Å². The van der Waals surface area contributed by atoms with Crippen LogP contribution in [-0.4, -0.2) is 29.9 Å². The molecular weight excluding hydrogens is 206 g/mol. The van der Waals surface area contributed by atoms with Crippen molar-refractivity contribution in [1.82, 2.24) is 10.6 Å². The number of rotatable bonds is 5. The third kappa shape index (κ3) is 8.23. The first-order valence-corrected chi connectivity index (χ1v) is 5.54. The van der Waals surface area contributed by atoms with E-state index in [1.54, 1.807) is 0 Å². The van der Waals surface area contributed by atoms with Crippen LogP contribution in [0.5, 0.6) is 0 Å². The number of hydrogen-bond donors (Lipinski definition) is 3. The zero-order valence-electron chi connectivity index (χ0n) is 10.6. The van der Waals surface area contributed by atoms with Crippen LogP contribution in [0.4, 0.5) is 4.79 Å². The van der Waals surface area contributed by atoms with E-state index >= 15 is 0 Å². The molecule has 0 aliphatic carbocycles. The molecule has 94 valence electrons. The Bertz CT molecular complexity index is 246. The van der Waals surface area contributed by atoms with Crippen LogP contribution in [0.25, 0.3) is 0 Å². The van der Waals surface area contributed by atoms with Gasteiger partial charge in [0.15, 0.2) is 0 Å². The van der Waals surface area contributed by atoms with Gasteiger partial charge in [-0.3, -0.25) is 4.79 Å². The van der Waals surface area contributed by atoms with Crippen molar-refractivity contribution < 1.29 is 9.59 Å². The lowest BCUT2D eigenvalue weighted by Gasteiger charge is -2.20. The summed E-state index contributed by atoms with van der Waals surface area (Å²) in [4.78, 5) is 22.2. The molecule has 0 saturated heterocycles. The highest BCUT2D eigenvalue weighted by atomic mass is 16.2. The number of ketones is 1. The summed E-state index contributed by atoms with van der Waals surface area (Å²) in [7, 11) is 0. The van der Waals surface area contributed by atoms with E-state index in [4.69, 9.17) is 5.73 Å². The smallest absolute Gasteiger partial charge is 0.315 e. The molecule has 0 aliphatic heterocycles. The van der Waals surface area contributed by atoms with E-state index in [0.717, 1.165) is 0 Å². The Kier molecular flexibility index (Phi) is 6.03. The van der Waals surface area contributed by atoms with E-state index in [9.17, 15) is 9.59 Å². The molecule has 4 N–H and O–H groups in total. The van der Waals surface area contributed by atoms with Gasteiger partial charge >= 0.3 is 6.03 Å². The van der Waals surface area contributed by atoms with Crippen molar-refractivity contribution in [3.8, 4) is 0 Å². The average molecular weight is 229 g/mol. The molecule has 0 fully saturated rings. The van der Waals surface area contributed by atoms with Crippen LogP contribution < -0.4 is 16.4 Å². The summed E-state index contributed by atoms with van der Waals surface area (Å²) in [5.41, 5.74) is 5.32. The maximum atomic E-state index is 11.3. The summed E-state index contributed by atoms with van der Waals surface area (Å²) >= 11 is 0. The van der Waals surface area contributed by atoms with Gasteiger partial charge in [-0.2, -0.15) is 0 Å². The maximum Gasteiger partial charge on any atom is 0.315 e. The Morgan fingerprint density at radius 3 is 2.31 bits per heavy atom. The molecular formula is C11H23N3O2. The van der Waals surface area contributed by atoms with Gasteiger partial charge in [0, 0.05) is 12.1 Å². The Morgan fingerprint density at radius 2 is 1.88 bits per heavy atom. The van der Waals surface area contributed by atoms with E-state index in [1.165, 1.54) is 6.92 Å². The highest BCUT2D eigenvalue weighted by Gasteiger charge is 2.13. The number of nitrogens with two attached hydrogens (primary N) is 1. The standard InChI is InChI=1S/C11H23N3O2/c1-8(15)9(12)6-5-7-13-10(16)14-11(2,3)4/h9H,5-7,12H2,1-4H3,(H2,13,14,16)/t9-/m0/s1. The first-order valence-electron chi connectivity index (χ1n) is 5.54.